The van der Waals surface area contributed by atoms with Gasteiger partial charge < -0.3 is 30.2 Å². The second-order valence-electron chi connectivity index (χ2n) is 6.89. The number of benzene rings is 2. The summed E-state index contributed by atoms with van der Waals surface area (Å²) in [6.45, 7) is 4.43. The number of nitrogens with one attached hydrogen (secondary N) is 3. The monoisotopic (exact) mass is 440 g/mol. The van der Waals surface area contributed by atoms with E-state index in [4.69, 9.17) is 14.2 Å². The van der Waals surface area contributed by atoms with Crippen molar-refractivity contribution in [1.82, 2.24) is 10.6 Å². The molecule has 0 saturated carbocycles. The van der Waals surface area contributed by atoms with Gasteiger partial charge in [0.15, 0.2) is 11.5 Å². The summed E-state index contributed by atoms with van der Waals surface area (Å²) in [6.07, 6.45) is -0.506. The van der Waals surface area contributed by atoms with Gasteiger partial charge in [-0.15, -0.1) is 0 Å². The molecule has 170 valence electrons. The predicted molar refractivity (Wildman–Crippen MR) is 120 cm³/mol. The lowest BCUT2D eigenvalue weighted by molar-refractivity contribution is 0.0951. The molecular formula is C23H28N4O5. The van der Waals surface area contributed by atoms with Crippen LogP contribution in [0, 0.1) is 11.3 Å². The van der Waals surface area contributed by atoms with Crippen LogP contribution in [0.5, 0.6) is 11.5 Å². The van der Waals surface area contributed by atoms with Gasteiger partial charge in [-0.1, -0.05) is 6.07 Å². The van der Waals surface area contributed by atoms with Crippen LogP contribution in [0.1, 0.15) is 35.3 Å². The number of ether oxygens (including phenoxy) is 3. The Labute approximate surface area is 187 Å². The van der Waals surface area contributed by atoms with Crippen LogP contribution in [0.25, 0.3) is 0 Å². The number of methoxy groups -OCH3 is 2. The Morgan fingerprint density at radius 1 is 1.06 bits per heavy atom. The molecule has 0 saturated heterocycles. The van der Waals surface area contributed by atoms with Crippen LogP contribution in [-0.2, 0) is 11.3 Å². The van der Waals surface area contributed by atoms with Crippen molar-refractivity contribution < 1.29 is 23.8 Å². The van der Waals surface area contributed by atoms with Gasteiger partial charge in [0.2, 0.25) is 0 Å². The number of amides is 2. The summed E-state index contributed by atoms with van der Waals surface area (Å²) in [5, 5.41) is 17.9. The third-order valence-electron chi connectivity index (χ3n) is 4.52. The van der Waals surface area contributed by atoms with Gasteiger partial charge in [-0.05, 0) is 49.7 Å². The average Bonchev–Trinajstić information content (AvgIpc) is 2.81. The van der Waals surface area contributed by atoms with E-state index in [2.05, 4.69) is 16.0 Å². The fraction of sp³-hybridized carbons (Fsp3) is 0.348. The Kier molecular flexibility index (Phi) is 9.17. The highest BCUT2D eigenvalue weighted by atomic mass is 16.5. The SMILES string of the molecule is CCOC(=O)NC[C@H](C)Nc1ccc(C#N)cc1C(=O)NCc1ccc(OC)c(OC)c1. The van der Waals surface area contributed by atoms with Crippen molar-refractivity contribution in [2.75, 3.05) is 32.7 Å². The summed E-state index contributed by atoms with van der Waals surface area (Å²) in [7, 11) is 3.10. The van der Waals surface area contributed by atoms with E-state index in [0.717, 1.165) is 5.56 Å². The van der Waals surface area contributed by atoms with Crippen LogP contribution in [0.3, 0.4) is 0 Å². The number of rotatable bonds is 10. The quantitative estimate of drug-likeness (QED) is 0.519. The first-order chi connectivity index (χ1) is 15.4. The van der Waals surface area contributed by atoms with E-state index < -0.39 is 6.09 Å². The first-order valence-corrected chi connectivity index (χ1v) is 10.1. The fourth-order valence-corrected chi connectivity index (χ4v) is 2.93. The molecule has 3 N–H and O–H groups in total. The molecule has 0 aliphatic carbocycles. The van der Waals surface area contributed by atoms with Gasteiger partial charge in [-0.2, -0.15) is 5.26 Å². The molecule has 2 aromatic rings. The number of carbonyl (C=O) groups is 2. The summed E-state index contributed by atoms with van der Waals surface area (Å²) in [4.78, 5) is 24.4. The highest BCUT2D eigenvalue weighted by molar-refractivity contribution is 6.00. The largest absolute Gasteiger partial charge is 0.493 e. The smallest absolute Gasteiger partial charge is 0.407 e. The zero-order valence-corrected chi connectivity index (χ0v) is 18.7. The molecule has 0 fully saturated rings. The Bertz CT molecular complexity index is 987. The van der Waals surface area contributed by atoms with E-state index in [1.165, 1.54) is 6.07 Å². The minimum atomic E-state index is -0.506. The van der Waals surface area contributed by atoms with E-state index in [-0.39, 0.29) is 25.1 Å². The lowest BCUT2D eigenvalue weighted by Crippen LogP contribution is -2.35. The van der Waals surface area contributed by atoms with Crippen LogP contribution in [0.15, 0.2) is 36.4 Å². The molecule has 0 aromatic heterocycles. The number of hydrogen-bond acceptors (Lipinski definition) is 7. The van der Waals surface area contributed by atoms with Crippen molar-refractivity contribution >= 4 is 17.7 Å². The molecule has 0 spiro atoms. The van der Waals surface area contributed by atoms with Crippen LogP contribution in [-0.4, -0.2) is 45.4 Å². The molecule has 2 aromatic carbocycles. The van der Waals surface area contributed by atoms with Gasteiger partial charge in [0.25, 0.3) is 5.91 Å². The van der Waals surface area contributed by atoms with Gasteiger partial charge in [0, 0.05) is 24.8 Å². The lowest BCUT2D eigenvalue weighted by Gasteiger charge is -2.19. The number of hydrogen-bond donors (Lipinski definition) is 3. The molecule has 2 rings (SSSR count). The molecule has 2 amide bonds. The van der Waals surface area contributed by atoms with Crippen molar-refractivity contribution in [1.29, 1.82) is 5.26 Å². The van der Waals surface area contributed by atoms with Gasteiger partial charge in [-0.3, -0.25) is 4.79 Å². The minimum absolute atomic E-state index is 0.190. The normalized spacial score (nSPS) is 11.0. The molecule has 1 atom stereocenters. The predicted octanol–water partition coefficient (Wildman–Crippen LogP) is 3.05. The summed E-state index contributed by atoms with van der Waals surface area (Å²) in [6, 6.07) is 12.1. The molecule has 9 heteroatoms. The molecule has 9 nitrogen and oxygen atoms in total. The maximum atomic E-state index is 12.9. The summed E-state index contributed by atoms with van der Waals surface area (Å²) < 4.78 is 15.4. The third kappa shape index (κ3) is 6.80. The summed E-state index contributed by atoms with van der Waals surface area (Å²) in [5.41, 5.74) is 2.07. The maximum absolute atomic E-state index is 12.9. The van der Waals surface area contributed by atoms with Gasteiger partial charge in [0.05, 0.1) is 38.0 Å². The van der Waals surface area contributed by atoms with E-state index in [9.17, 15) is 14.9 Å². The summed E-state index contributed by atoms with van der Waals surface area (Å²) in [5.74, 6) is 0.821. The molecule has 0 heterocycles. The molecule has 0 unspecified atom stereocenters. The maximum Gasteiger partial charge on any atom is 0.407 e. The third-order valence-corrected chi connectivity index (χ3v) is 4.52. The van der Waals surface area contributed by atoms with Gasteiger partial charge >= 0.3 is 6.09 Å². The van der Waals surface area contributed by atoms with Crippen LogP contribution in [0.2, 0.25) is 0 Å². The van der Waals surface area contributed by atoms with Crippen LogP contribution in [0.4, 0.5) is 10.5 Å². The molecular weight excluding hydrogens is 412 g/mol. The zero-order chi connectivity index (χ0) is 23.5. The first kappa shape index (κ1) is 24.3. The Morgan fingerprint density at radius 3 is 2.47 bits per heavy atom. The zero-order valence-electron chi connectivity index (χ0n) is 18.7. The Hall–Kier alpha value is -3.93. The number of nitriles is 1. The van der Waals surface area contributed by atoms with E-state index in [1.54, 1.807) is 45.4 Å². The second-order valence-corrected chi connectivity index (χ2v) is 6.89. The summed E-state index contributed by atoms with van der Waals surface area (Å²) >= 11 is 0. The Balaban J connectivity index is 2.11. The Morgan fingerprint density at radius 2 is 1.81 bits per heavy atom. The topological polar surface area (TPSA) is 122 Å². The second kappa shape index (κ2) is 12.1. The molecule has 0 radical (unpaired) electrons. The van der Waals surface area contributed by atoms with Gasteiger partial charge in [0.1, 0.15) is 0 Å². The van der Waals surface area contributed by atoms with Crippen LogP contribution >= 0.6 is 0 Å². The molecule has 0 aliphatic rings. The number of anilines is 1. The number of carbonyl (C=O) groups excluding carboxylic acids is 2. The first-order valence-electron chi connectivity index (χ1n) is 10.1. The number of alkyl carbamates (subject to hydrolysis) is 1. The highest BCUT2D eigenvalue weighted by Gasteiger charge is 2.15. The highest BCUT2D eigenvalue weighted by Crippen LogP contribution is 2.27. The fourth-order valence-electron chi connectivity index (χ4n) is 2.93. The van der Waals surface area contributed by atoms with Crippen molar-refractivity contribution in [2.24, 2.45) is 0 Å². The molecule has 32 heavy (non-hydrogen) atoms. The average molecular weight is 441 g/mol. The van der Waals surface area contributed by atoms with Gasteiger partial charge in [-0.25, -0.2) is 4.79 Å². The van der Waals surface area contributed by atoms with Crippen molar-refractivity contribution in [3.05, 3.63) is 53.1 Å². The van der Waals surface area contributed by atoms with E-state index in [0.29, 0.717) is 34.9 Å². The minimum Gasteiger partial charge on any atom is -0.493 e. The van der Waals surface area contributed by atoms with Crippen molar-refractivity contribution in [3.63, 3.8) is 0 Å². The molecule has 0 aliphatic heterocycles. The lowest BCUT2D eigenvalue weighted by atomic mass is 10.1. The van der Waals surface area contributed by atoms with E-state index in [1.807, 2.05) is 19.1 Å². The molecule has 0 bridgehead atoms. The standard InChI is InChI=1S/C23H28N4O5/c1-5-32-23(29)26-13-15(2)27-19-8-6-16(12-24)10-18(19)22(28)25-14-17-7-9-20(30-3)21(11-17)31-4/h6-11,15,27H,5,13-14H2,1-4H3,(H,25,28)(H,26,29)/t15-/m0/s1. The van der Waals surface area contributed by atoms with E-state index >= 15 is 0 Å². The van der Waals surface area contributed by atoms with Crippen molar-refractivity contribution in [2.45, 2.75) is 26.4 Å². The van der Waals surface area contributed by atoms with Crippen LogP contribution < -0.4 is 25.4 Å². The number of nitrogens with zero attached hydrogens (tertiary/aromatic N) is 1. The van der Waals surface area contributed by atoms with Crippen molar-refractivity contribution in [3.8, 4) is 17.6 Å².